The van der Waals surface area contributed by atoms with Crippen molar-refractivity contribution >= 4 is 32.6 Å². The van der Waals surface area contributed by atoms with Gasteiger partial charge >= 0.3 is 0 Å². The first kappa shape index (κ1) is 37.2. The summed E-state index contributed by atoms with van der Waals surface area (Å²) in [6.07, 6.45) is 10.2. The number of hydrogen-bond acceptors (Lipinski definition) is 10. The Morgan fingerprint density at radius 1 is 0.603 bits per heavy atom. The van der Waals surface area contributed by atoms with E-state index in [2.05, 4.69) is 72.2 Å². The molecular formula is C48H54N6O4. The number of aromatic nitrogens is 4. The zero-order chi connectivity index (χ0) is 39.3. The summed E-state index contributed by atoms with van der Waals surface area (Å²) in [6.45, 7) is 9.00. The van der Waals surface area contributed by atoms with Gasteiger partial charge in [-0.1, -0.05) is 38.8 Å². The summed E-state index contributed by atoms with van der Waals surface area (Å²) in [4.78, 5) is 14.8. The molecule has 6 aromatic rings. The van der Waals surface area contributed by atoms with Gasteiger partial charge in [0.25, 0.3) is 0 Å². The monoisotopic (exact) mass is 778 g/mol. The topological polar surface area (TPSA) is 95.0 Å². The fourth-order valence-corrected chi connectivity index (χ4v) is 11.1. The van der Waals surface area contributed by atoms with Crippen LogP contribution >= 0.6 is 0 Å². The largest absolute Gasteiger partial charge is 0.497 e. The van der Waals surface area contributed by atoms with Crippen LogP contribution in [0.25, 0.3) is 32.6 Å². The molecule has 0 spiro atoms. The Morgan fingerprint density at radius 2 is 1.07 bits per heavy atom. The van der Waals surface area contributed by atoms with E-state index in [4.69, 9.17) is 39.1 Å². The minimum Gasteiger partial charge on any atom is -0.497 e. The van der Waals surface area contributed by atoms with Gasteiger partial charge in [-0.05, 0) is 123 Å². The van der Waals surface area contributed by atoms with Gasteiger partial charge in [0.1, 0.15) is 23.7 Å². The van der Waals surface area contributed by atoms with Crippen LogP contribution in [0.4, 0.5) is 0 Å². The molecule has 3 aromatic heterocycles. The summed E-state index contributed by atoms with van der Waals surface area (Å²) in [5, 5.41) is 13.7. The van der Waals surface area contributed by atoms with Crippen LogP contribution in [0, 0.1) is 23.7 Å². The summed E-state index contributed by atoms with van der Waals surface area (Å²) in [5.41, 5.74) is 4.01. The molecule has 10 atom stereocenters. The van der Waals surface area contributed by atoms with Crippen molar-refractivity contribution in [3.63, 3.8) is 0 Å². The second kappa shape index (κ2) is 15.6. The standard InChI is InChI=1S/C48H54N6O4/c1-5-29-27-53-21-17-31(29)23-43(53)45(35-15-19-49-41-13-11-33(55-3)25-39(35)41)57-47-37-9-7-8-10-38(37)48(52-51-47)58-46(44-24-32-18-22-54(44)28-30(32)6-2)36-16-20-50-42-14-12-34(56-4)26-40(36)42/h7-16,19-20,25-26,29-32,43-46H,5-6,17-18,21-24,27-28H2,1-4H3/t29-,30+,31+,32?,43-,44-,45+,46-/m1/s1. The fraction of sp³-hybridized carbons (Fsp3) is 0.458. The van der Waals surface area contributed by atoms with E-state index < -0.39 is 0 Å². The average Bonchev–Trinajstić information content (AvgIpc) is 3.29. The minimum atomic E-state index is -0.300. The normalized spacial score (nSPS) is 27.4. The first-order valence-corrected chi connectivity index (χ1v) is 21.5. The van der Waals surface area contributed by atoms with Crippen molar-refractivity contribution < 1.29 is 18.9 Å². The highest BCUT2D eigenvalue weighted by atomic mass is 16.5. The molecule has 300 valence electrons. The third-order valence-electron chi connectivity index (χ3n) is 14.3. The summed E-state index contributed by atoms with van der Waals surface area (Å²) in [5.74, 6) is 5.39. The van der Waals surface area contributed by atoms with E-state index in [-0.39, 0.29) is 24.3 Å². The highest BCUT2D eigenvalue weighted by Gasteiger charge is 2.46. The number of piperidine rings is 6. The highest BCUT2D eigenvalue weighted by Crippen LogP contribution is 2.47. The molecule has 4 bridgehead atoms. The quantitative estimate of drug-likeness (QED) is 0.120. The van der Waals surface area contributed by atoms with Crippen molar-refractivity contribution in [1.82, 2.24) is 30.0 Å². The van der Waals surface area contributed by atoms with E-state index in [9.17, 15) is 0 Å². The second-order valence-electron chi connectivity index (χ2n) is 17.0. The molecule has 6 aliphatic heterocycles. The van der Waals surface area contributed by atoms with Crippen LogP contribution in [0.15, 0.2) is 85.2 Å². The number of nitrogens with zero attached hydrogens (tertiary/aromatic N) is 6. The third-order valence-corrected chi connectivity index (χ3v) is 14.3. The Kier molecular flexibility index (Phi) is 10.0. The molecule has 6 saturated heterocycles. The van der Waals surface area contributed by atoms with E-state index in [1.165, 1.54) is 25.7 Å². The molecule has 6 aliphatic rings. The number of ether oxygens (including phenoxy) is 4. The maximum atomic E-state index is 7.30. The van der Waals surface area contributed by atoms with Gasteiger partial charge in [0.05, 0.1) is 48.1 Å². The molecule has 0 N–H and O–H groups in total. The van der Waals surface area contributed by atoms with Crippen LogP contribution < -0.4 is 18.9 Å². The van der Waals surface area contributed by atoms with Gasteiger partial charge in [-0.2, -0.15) is 0 Å². The predicted molar refractivity (Wildman–Crippen MR) is 227 cm³/mol. The zero-order valence-corrected chi connectivity index (χ0v) is 34.1. The molecule has 9 heterocycles. The summed E-state index contributed by atoms with van der Waals surface area (Å²) >= 11 is 0. The van der Waals surface area contributed by atoms with Crippen molar-refractivity contribution in [2.75, 3.05) is 40.4 Å². The lowest BCUT2D eigenvalue weighted by Crippen LogP contribution is -2.56. The smallest absolute Gasteiger partial charge is 0.242 e. The molecule has 3 unspecified atom stereocenters. The van der Waals surface area contributed by atoms with E-state index in [1.807, 2.05) is 36.7 Å². The minimum absolute atomic E-state index is 0.180. The predicted octanol–water partition coefficient (Wildman–Crippen LogP) is 9.22. The van der Waals surface area contributed by atoms with Gasteiger partial charge in [-0.25, -0.2) is 0 Å². The molecule has 12 rings (SSSR count). The fourth-order valence-electron chi connectivity index (χ4n) is 11.1. The molecular weight excluding hydrogens is 725 g/mol. The first-order valence-electron chi connectivity index (χ1n) is 21.5. The Labute approximate surface area is 340 Å². The van der Waals surface area contributed by atoms with Crippen LogP contribution in [-0.4, -0.2) is 82.4 Å². The van der Waals surface area contributed by atoms with E-state index >= 15 is 0 Å². The SMILES string of the molecule is CC[C@H]1CN2CCC1C[C@@H]2[C@H](Oc1nnc(O[C@@H](c2ccnc3ccc(OC)cc23)[C@H]2C[C@@H]3CCN2C[C@H]3CC)c2ccccc12)c1ccnc2ccc(OC)cc12. The van der Waals surface area contributed by atoms with Gasteiger partial charge in [0.15, 0.2) is 0 Å². The van der Waals surface area contributed by atoms with Gasteiger partial charge < -0.3 is 18.9 Å². The van der Waals surface area contributed by atoms with E-state index in [1.54, 1.807) is 14.2 Å². The molecule has 0 radical (unpaired) electrons. The lowest BCUT2D eigenvalue weighted by Gasteiger charge is -2.52. The second-order valence-corrected chi connectivity index (χ2v) is 17.0. The van der Waals surface area contributed by atoms with Crippen molar-refractivity contribution in [3.05, 3.63) is 96.3 Å². The van der Waals surface area contributed by atoms with Crippen LogP contribution in [0.1, 0.15) is 75.7 Å². The summed E-state index contributed by atoms with van der Waals surface area (Å²) in [6, 6.07) is 25.1. The van der Waals surface area contributed by atoms with Gasteiger partial charge in [0.2, 0.25) is 11.8 Å². The summed E-state index contributed by atoms with van der Waals surface area (Å²) in [7, 11) is 3.42. The van der Waals surface area contributed by atoms with Crippen molar-refractivity contribution in [2.24, 2.45) is 23.7 Å². The molecule has 6 fully saturated rings. The van der Waals surface area contributed by atoms with Gasteiger partial charge in [-0.3, -0.25) is 19.8 Å². The van der Waals surface area contributed by atoms with E-state index in [0.717, 1.165) is 94.2 Å². The van der Waals surface area contributed by atoms with Crippen molar-refractivity contribution in [3.8, 4) is 23.3 Å². The Hall–Kier alpha value is -5.06. The maximum Gasteiger partial charge on any atom is 0.242 e. The molecule has 0 amide bonds. The van der Waals surface area contributed by atoms with Crippen LogP contribution in [0.3, 0.4) is 0 Å². The van der Waals surface area contributed by atoms with Crippen LogP contribution in [0.2, 0.25) is 0 Å². The molecule has 0 aliphatic carbocycles. The van der Waals surface area contributed by atoms with Gasteiger partial charge in [0, 0.05) is 47.4 Å². The number of methoxy groups -OCH3 is 2. The Morgan fingerprint density at radius 3 is 1.47 bits per heavy atom. The summed E-state index contributed by atoms with van der Waals surface area (Å²) < 4.78 is 26.0. The molecule has 3 aromatic carbocycles. The lowest BCUT2D eigenvalue weighted by molar-refractivity contribution is -0.0505. The molecule has 10 heteroatoms. The van der Waals surface area contributed by atoms with Crippen molar-refractivity contribution in [2.45, 2.75) is 76.7 Å². The first-order chi connectivity index (χ1) is 28.5. The third kappa shape index (κ3) is 6.58. The number of rotatable bonds is 12. The number of fused-ring (bicyclic) bond motifs is 9. The Bertz CT molecular complexity index is 2280. The highest BCUT2D eigenvalue weighted by molar-refractivity contribution is 5.91. The van der Waals surface area contributed by atoms with Crippen LogP contribution in [0.5, 0.6) is 23.3 Å². The molecule has 10 nitrogen and oxygen atoms in total. The number of pyridine rings is 2. The lowest BCUT2D eigenvalue weighted by atomic mass is 9.72. The van der Waals surface area contributed by atoms with Crippen molar-refractivity contribution in [1.29, 1.82) is 0 Å². The van der Waals surface area contributed by atoms with E-state index in [0.29, 0.717) is 35.4 Å². The van der Waals surface area contributed by atoms with Gasteiger partial charge in [-0.15, -0.1) is 10.2 Å². The average molecular weight is 779 g/mol. The number of benzene rings is 3. The maximum absolute atomic E-state index is 7.30. The number of hydrogen-bond donors (Lipinski definition) is 0. The Balaban J connectivity index is 1.06. The van der Waals surface area contributed by atoms with Crippen LogP contribution in [-0.2, 0) is 0 Å². The molecule has 0 saturated carbocycles. The zero-order valence-electron chi connectivity index (χ0n) is 34.1. The molecule has 58 heavy (non-hydrogen) atoms.